The third kappa shape index (κ3) is 2.28. The van der Waals surface area contributed by atoms with Crippen molar-refractivity contribution in [2.24, 2.45) is 5.92 Å². The maximum Gasteiger partial charge on any atom is 0.123 e. The quantitative estimate of drug-likeness (QED) is 0.870. The zero-order valence-electron chi connectivity index (χ0n) is 10.9. The highest BCUT2D eigenvalue weighted by Gasteiger charge is 2.30. The number of hydrogen-bond acceptors (Lipinski definition) is 1. The molecular weight excluding hydrogens is 239 g/mol. The minimum Gasteiger partial charge on any atom is -0.388 e. The van der Waals surface area contributed by atoms with Crippen LogP contribution in [-0.4, -0.2) is 5.11 Å². The lowest BCUT2D eigenvalue weighted by atomic mass is 9.92. The summed E-state index contributed by atoms with van der Waals surface area (Å²) in [6.07, 6.45) is 1.29. The van der Waals surface area contributed by atoms with E-state index in [0.29, 0.717) is 0 Å². The van der Waals surface area contributed by atoms with Crippen LogP contribution >= 0.6 is 0 Å². The van der Waals surface area contributed by atoms with Gasteiger partial charge in [0, 0.05) is 0 Å². The Bertz CT molecular complexity index is 606. The van der Waals surface area contributed by atoms with Gasteiger partial charge in [-0.1, -0.05) is 30.3 Å². The van der Waals surface area contributed by atoms with Gasteiger partial charge in [0.2, 0.25) is 0 Å². The van der Waals surface area contributed by atoms with Crippen LogP contribution in [0.25, 0.3) is 0 Å². The first kappa shape index (κ1) is 12.4. The van der Waals surface area contributed by atoms with E-state index in [4.69, 9.17) is 0 Å². The van der Waals surface area contributed by atoms with Crippen LogP contribution in [0.4, 0.5) is 4.39 Å². The van der Waals surface area contributed by atoms with Crippen molar-refractivity contribution in [3.05, 3.63) is 70.5 Å². The number of aliphatic hydroxyl groups excluding tert-OH is 1. The molecule has 0 radical (unpaired) electrons. The second kappa shape index (κ2) is 4.78. The van der Waals surface area contributed by atoms with Crippen LogP contribution < -0.4 is 0 Å². The molecule has 2 heteroatoms. The molecule has 0 aromatic heterocycles. The number of halogens is 1. The number of hydrogen-bond donors (Lipinski definition) is 1. The molecule has 0 saturated heterocycles. The molecule has 19 heavy (non-hydrogen) atoms. The van der Waals surface area contributed by atoms with Crippen LogP contribution in [0, 0.1) is 18.7 Å². The first-order chi connectivity index (χ1) is 9.15. The summed E-state index contributed by atoms with van der Waals surface area (Å²) < 4.78 is 13.1. The third-order valence-corrected chi connectivity index (χ3v) is 4.09. The van der Waals surface area contributed by atoms with Crippen LogP contribution in [0.5, 0.6) is 0 Å². The lowest BCUT2D eigenvalue weighted by Crippen LogP contribution is -2.11. The van der Waals surface area contributed by atoms with E-state index in [0.717, 1.165) is 29.5 Å². The molecule has 2 aromatic rings. The highest BCUT2D eigenvalue weighted by molar-refractivity contribution is 5.36. The van der Waals surface area contributed by atoms with Gasteiger partial charge in [-0.3, -0.25) is 0 Å². The summed E-state index contributed by atoms with van der Waals surface area (Å²) in [5, 5.41) is 10.4. The van der Waals surface area contributed by atoms with Gasteiger partial charge in [-0.25, -0.2) is 4.39 Å². The first-order valence-electron chi connectivity index (χ1n) is 6.66. The maximum atomic E-state index is 13.1. The van der Waals surface area contributed by atoms with Crippen molar-refractivity contribution in [2.45, 2.75) is 25.9 Å². The summed E-state index contributed by atoms with van der Waals surface area (Å²) in [6, 6.07) is 12.9. The molecule has 2 aromatic carbocycles. The van der Waals surface area contributed by atoms with E-state index < -0.39 is 6.10 Å². The molecule has 0 bridgehead atoms. The highest BCUT2D eigenvalue weighted by Crippen LogP contribution is 2.38. The van der Waals surface area contributed by atoms with Gasteiger partial charge < -0.3 is 5.11 Å². The van der Waals surface area contributed by atoms with E-state index in [1.54, 1.807) is 6.07 Å². The molecule has 1 N–H and O–H groups in total. The molecule has 0 saturated carbocycles. The van der Waals surface area contributed by atoms with Crippen molar-refractivity contribution in [3.8, 4) is 0 Å². The number of aliphatic hydroxyl groups is 1. The Hall–Kier alpha value is -1.67. The smallest absolute Gasteiger partial charge is 0.123 e. The monoisotopic (exact) mass is 256 g/mol. The fraction of sp³-hybridized carbons (Fsp3) is 0.294. The van der Waals surface area contributed by atoms with E-state index >= 15 is 0 Å². The molecule has 98 valence electrons. The Kier molecular flexibility index (Phi) is 3.11. The highest BCUT2D eigenvalue weighted by atomic mass is 19.1. The van der Waals surface area contributed by atoms with Gasteiger partial charge in [-0.05, 0) is 60.1 Å². The van der Waals surface area contributed by atoms with E-state index in [-0.39, 0.29) is 11.7 Å². The molecule has 0 amide bonds. The standard InChI is InChI=1S/C17H17FO/c1-11-8-15(18)7-6-12(11)9-14-10-13-4-2-3-5-16(13)17(14)19/h2-8,14,17,19H,9-10H2,1H3. The molecule has 0 aliphatic heterocycles. The van der Waals surface area contributed by atoms with Crippen LogP contribution in [0.15, 0.2) is 42.5 Å². The SMILES string of the molecule is Cc1cc(F)ccc1CC1Cc2ccccc2C1O. The summed E-state index contributed by atoms with van der Waals surface area (Å²) in [5.74, 6) is -0.00179. The minimum atomic E-state index is -0.402. The van der Waals surface area contributed by atoms with Crippen molar-refractivity contribution < 1.29 is 9.50 Å². The Morgan fingerprint density at radius 1 is 1.21 bits per heavy atom. The number of rotatable bonds is 2. The van der Waals surface area contributed by atoms with Gasteiger partial charge in [0.15, 0.2) is 0 Å². The van der Waals surface area contributed by atoms with E-state index in [1.807, 2.05) is 31.2 Å². The number of fused-ring (bicyclic) bond motifs is 1. The summed E-state index contributed by atoms with van der Waals surface area (Å²) in [4.78, 5) is 0. The van der Waals surface area contributed by atoms with Gasteiger partial charge in [0.1, 0.15) is 5.82 Å². The van der Waals surface area contributed by atoms with Crippen LogP contribution in [0.1, 0.15) is 28.4 Å². The molecule has 0 fully saturated rings. The molecule has 0 spiro atoms. The molecule has 1 nitrogen and oxygen atoms in total. The normalized spacial score (nSPS) is 21.4. The third-order valence-electron chi connectivity index (χ3n) is 4.09. The van der Waals surface area contributed by atoms with Gasteiger partial charge in [-0.15, -0.1) is 0 Å². The second-order valence-corrected chi connectivity index (χ2v) is 5.38. The Morgan fingerprint density at radius 3 is 2.74 bits per heavy atom. The number of benzene rings is 2. The Morgan fingerprint density at radius 2 is 2.00 bits per heavy atom. The predicted molar refractivity (Wildman–Crippen MR) is 73.4 cm³/mol. The maximum absolute atomic E-state index is 13.1. The average Bonchev–Trinajstić information content (AvgIpc) is 2.70. The van der Waals surface area contributed by atoms with Crippen molar-refractivity contribution >= 4 is 0 Å². The Labute approximate surface area is 112 Å². The summed E-state index contributed by atoms with van der Waals surface area (Å²) in [6.45, 7) is 1.92. The zero-order valence-corrected chi connectivity index (χ0v) is 10.9. The fourth-order valence-electron chi connectivity index (χ4n) is 3.01. The van der Waals surface area contributed by atoms with Crippen LogP contribution in [0.3, 0.4) is 0 Å². The van der Waals surface area contributed by atoms with Crippen molar-refractivity contribution in [2.75, 3.05) is 0 Å². The fourth-order valence-corrected chi connectivity index (χ4v) is 3.01. The van der Waals surface area contributed by atoms with E-state index in [2.05, 4.69) is 6.07 Å². The summed E-state index contributed by atoms with van der Waals surface area (Å²) >= 11 is 0. The van der Waals surface area contributed by atoms with Gasteiger partial charge in [0.25, 0.3) is 0 Å². The zero-order chi connectivity index (χ0) is 13.4. The molecule has 2 unspecified atom stereocenters. The topological polar surface area (TPSA) is 20.2 Å². The lowest BCUT2D eigenvalue weighted by Gasteiger charge is -2.16. The van der Waals surface area contributed by atoms with E-state index in [9.17, 15) is 9.50 Å². The van der Waals surface area contributed by atoms with Gasteiger partial charge >= 0.3 is 0 Å². The summed E-state index contributed by atoms with van der Waals surface area (Å²) in [7, 11) is 0. The van der Waals surface area contributed by atoms with Crippen molar-refractivity contribution in [3.63, 3.8) is 0 Å². The molecular formula is C17H17FO. The Balaban J connectivity index is 1.83. The molecule has 2 atom stereocenters. The lowest BCUT2D eigenvalue weighted by molar-refractivity contribution is 0.123. The van der Waals surface area contributed by atoms with Gasteiger partial charge in [-0.2, -0.15) is 0 Å². The second-order valence-electron chi connectivity index (χ2n) is 5.38. The van der Waals surface area contributed by atoms with Crippen molar-refractivity contribution in [1.29, 1.82) is 0 Å². The average molecular weight is 256 g/mol. The molecule has 0 heterocycles. The van der Waals surface area contributed by atoms with E-state index in [1.165, 1.54) is 11.6 Å². The predicted octanol–water partition coefficient (Wildman–Crippen LogP) is 3.58. The first-order valence-corrected chi connectivity index (χ1v) is 6.66. The van der Waals surface area contributed by atoms with Crippen LogP contribution in [-0.2, 0) is 12.8 Å². The molecule has 1 aliphatic carbocycles. The largest absolute Gasteiger partial charge is 0.388 e. The molecule has 1 aliphatic rings. The molecule has 3 rings (SSSR count). The number of aryl methyl sites for hydroxylation is 1. The minimum absolute atomic E-state index is 0.196. The summed E-state index contributed by atoms with van der Waals surface area (Å²) in [5.41, 5.74) is 4.37. The van der Waals surface area contributed by atoms with Gasteiger partial charge in [0.05, 0.1) is 6.10 Å². The van der Waals surface area contributed by atoms with Crippen LogP contribution in [0.2, 0.25) is 0 Å². The van der Waals surface area contributed by atoms with Crippen molar-refractivity contribution in [1.82, 2.24) is 0 Å².